The second-order valence-corrected chi connectivity index (χ2v) is 5.31. The molecule has 0 saturated heterocycles. The molecule has 0 aliphatic carbocycles. The molecule has 0 aliphatic rings. The highest BCUT2D eigenvalue weighted by Gasteiger charge is 2.14. The first kappa shape index (κ1) is 16.3. The first-order valence-corrected chi connectivity index (χ1v) is 6.73. The van der Waals surface area contributed by atoms with Crippen molar-refractivity contribution in [3.8, 4) is 0 Å². The molecule has 0 aliphatic heterocycles. The summed E-state index contributed by atoms with van der Waals surface area (Å²) in [6.07, 6.45) is 0. The van der Waals surface area contributed by atoms with Crippen molar-refractivity contribution in [1.82, 2.24) is 9.55 Å². The van der Waals surface area contributed by atoms with Crippen LogP contribution in [0.5, 0.6) is 0 Å². The summed E-state index contributed by atoms with van der Waals surface area (Å²) in [5, 5.41) is 6.08. The van der Waals surface area contributed by atoms with E-state index in [-0.39, 0.29) is 29.2 Å². The van der Waals surface area contributed by atoms with Gasteiger partial charge in [-0.2, -0.15) is 0 Å². The Morgan fingerprint density at radius 1 is 1.45 bits per heavy atom. The third kappa shape index (κ3) is 3.23. The Hall–Kier alpha value is -1.73. The molecule has 0 radical (unpaired) electrons. The monoisotopic (exact) mass is 314 g/mol. The van der Waals surface area contributed by atoms with Crippen LogP contribution < -0.4 is 34.8 Å². The number of nitrogens with zero attached hydrogens (tertiary/aromatic N) is 1. The number of benzene rings is 1. The van der Waals surface area contributed by atoms with E-state index in [1.54, 1.807) is 31.2 Å². The van der Waals surface area contributed by atoms with E-state index in [0.717, 1.165) is 0 Å². The Balaban J connectivity index is 0.00000200. The number of nitrogens with two attached hydrogens (primary N) is 2. The van der Waals surface area contributed by atoms with Gasteiger partial charge in [-0.3, -0.25) is 20.5 Å². The van der Waals surface area contributed by atoms with Crippen LogP contribution in [0.4, 0.5) is 0 Å². The third-order valence-electron chi connectivity index (χ3n) is 2.77. The van der Waals surface area contributed by atoms with Crippen molar-refractivity contribution < 1.29 is 17.8 Å². The maximum absolute atomic E-state index is 12.3. The molecule has 0 fully saturated rings. The molecule has 1 unspecified atom stereocenters. The largest absolute Gasteiger partial charge is 1.00 e. The molecule has 1 aromatic heterocycles. The molecule has 6 nitrogen and oxygen atoms in total. The number of hydrogen-bond donors (Lipinski definition) is 3. The molecule has 1 atom stereocenters. The molecule has 2 rings (SSSR count). The van der Waals surface area contributed by atoms with Gasteiger partial charge in [0, 0.05) is 11.8 Å². The Labute approximate surface area is 125 Å². The topological polar surface area (TPSA) is 106 Å². The lowest BCUT2D eigenvalue weighted by Gasteiger charge is -2.13. The molecule has 1 aromatic carbocycles. The number of amidine groups is 1. The number of aromatic amines is 1. The summed E-state index contributed by atoms with van der Waals surface area (Å²) in [4.78, 5) is 27.0. The van der Waals surface area contributed by atoms with Crippen LogP contribution in [0.25, 0.3) is 10.9 Å². The van der Waals surface area contributed by atoms with Crippen molar-refractivity contribution in [3.63, 3.8) is 0 Å². The van der Waals surface area contributed by atoms with E-state index >= 15 is 0 Å². The van der Waals surface area contributed by atoms with E-state index in [1.165, 1.54) is 16.3 Å². The van der Waals surface area contributed by atoms with Crippen molar-refractivity contribution in [2.45, 2.75) is 13.0 Å². The van der Waals surface area contributed by atoms with Gasteiger partial charge in [0.25, 0.3) is 10.7 Å². The molecule has 5 N–H and O–H groups in total. The van der Waals surface area contributed by atoms with Gasteiger partial charge in [0.2, 0.25) is 0 Å². The zero-order chi connectivity index (χ0) is 14.0. The molecule has 20 heavy (non-hydrogen) atoms. The summed E-state index contributed by atoms with van der Waals surface area (Å²) < 4.78 is 1.19. The molecule has 108 valence electrons. The summed E-state index contributed by atoms with van der Waals surface area (Å²) in [5.74, 6) is 0.462. The summed E-state index contributed by atoms with van der Waals surface area (Å²) >= 11 is 1.22. The molecule has 0 saturated carbocycles. The number of hydrogen-bond acceptors (Lipinski definition) is 3. The van der Waals surface area contributed by atoms with Gasteiger partial charge in [-0.1, -0.05) is 12.1 Å². The molecule has 1 heterocycles. The average molecular weight is 315 g/mol. The fourth-order valence-corrected chi connectivity index (χ4v) is 2.45. The molecule has 0 spiro atoms. The lowest BCUT2D eigenvalue weighted by molar-refractivity contribution is -0.110. The Kier molecular flexibility index (Phi) is 5.41. The third-order valence-corrected chi connectivity index (χ3v) is 3.75. The van der Waals surface area contributed by atoms with Gasteiger partial charge < -0.3 is 17.4 Å². The minimum atomic E-state index is -0.424. The van der Waals surface area contributed by atoms with Crippen molar-refractivity contribution >= 4 is 27.8 Å². The van der Waals surface area contributed by atoms with Crippen LogP contribution in [-0.2, 0) is 0 Å². The van der Waals surface area contributed by atoms with E-state index in [9.17, 15) is 9.59 Å². The SMILES string of the molecule is CC(CSC(N)=[NH2+])n1c(=O)[nH]c2ccccc2c1=O.[Cl-]. The van der Waals surface area contributed by atoms with Crippen LogP contribution in [0.3, 0.4) is 0 Å². The molecular formula is C12H15ClN4O2S. The minimum Gasteiger partial charge on any atom is -1.00 e. The maximum Gasteiger partial charge on any atom is 0.329 e. The van der Waals surface area contributed by atoms with E-state index in [1.807, 2.05) is 0 Å². The number of thioether (sulfide) groups is 1. The number of nitrogens with one attached hydrogen (secondary N) is 1. The highest BCUT2D eigenvalue weighted by Crippen LogP contribution is 2.10. The van der Waals surface area contributed by atoms with Gasteiger partial charge in [0.05, 0.1) is 10.9 Å². The smallest absolute Gasteiger partial charge is 0.329 e. The van der Waals surface area contributed by atoms with Crippen molar-refractivity contribution in [2.24, 2.45) is 5.73 Å². The van der Waals surface area contributed by atoms with E-state index in [2.05, 4.69) is 4.98 Å². The summed E-state index contributed by atoms with van der Waals surface area (Å²) in [6, 6.07) is 6.62. The molecule has 0 bridgehead atoms. The van der Waals surface area contributed by atoms with Crippen LogP contribution in [0, 0.1) is 0 Å². The van der Waals surface area contributed by atoms with E-state index in [4.69, 9.17) is 11.1 Å². The Morgan fingerprint density at radius 3 is 2.75 bits per heavy atom. The fourth-order valence-electron chi connectivity index (χ4n) is 1.87. The van der Waals surface area contributed by atoms with Gasteiger partial charge in [-0.25, -0.2) is 4.79 Å². The van der Waals surface area contributed by atoms with Crippen LogP contribution in [0.15, 0.2) is 33.9 Å². The van der Waals surface area contributed by atoms with Gasteiger partial charge in [0.1, 0.15) is 0 Å². The van der Waals surface area contributed by atoms with Gasteiger partial charge in [-0.15, -0.1) is 0 Å². The zero-order valence-electron chi connectivity index (χ0n) is 10.8. The molecule has 0 amide bonds. The highest BCUT2D eigenvalue weighted by molar-refractivity contribution is 8.13. The lowest BCUT2D eigenvalue weighted by atomic mass is 10.2. The van der Waals surface area contributed by atoms with Gasteiger partial charge >= 0.3 is 5.69 Å². The number of H-pyrrole nitrogens is 1. The number of rotatable bonds is 3. The summed E-state index contributed by atoms with van der Waals surface area (Å²) in [5.41, 5.74) is 5.18. The Bertz CT molecular complexity index is 740. The number of fused-ring (bicyclic) bond motifs is 1. The van der Waals surface area contributed by atoms with Crippen LogP contribution in [-0.4, -0.2) is 20.5 Å². The second-order valence-electron chi connectivity index (χ2n) is 4.21. The van der Waals surface area contributed by atoms with E-state index in [0.29, 0.717) is 16.7 Å². The maximum atomic E-state index is 12.3. The van der Waals surface area contributed by atoms with Crippen LogP contribution in [0.1, 0.15) is 13.0 Å². The van der Waals surface area contributed by atoms with Crippen LogP contribution >= 0.6 is 11.8 Å². The molecular weight excluding hydrogens is 300 g/mol. The van der Waals surface area contributed by atoms with Gasteiger partial charge in [-0.05, 0) is 30.8 Å². The molecule has 8 heteroatoms. The predicted molar refractivity (Wildman–Crippen MR) is 77.1 cm³/mol. The zero-order valence-corrected chi connectivity index (χ0v) is 12.4. The van der Waals surface area contributed by atoms with Crippen LogP contribution in [0.2, 0.25) is 0 Å². The predicted octanol–water partition coefficient (Wildman–Crippen LogP) is -3.94. The number of aromatic nitrogens is 2. The normalized spacial score (nSPS) is 11.8. The second kappa shape index (κ2) is 6.62. The minimum absolute atomic E-state index is 0. The standard InChI is InChI=1S/C12H14N4O2S.ClH/c1-7(6-19-11(13)14)16-10(17)8-4-2-3-5-9(8)15-12(16)18;/h2-5,7H,6H2,1H3,(H3,13,14)(H,15,18);1H. The number of para-hydroxylation sites is 1. The summed E-state index contributed by atoms with van der Waals surface area (Å²) in [7, 11) is 0. The summed E-state index contributed by atoms with van der Waals surface area (Å²) in [6.45, 7) is 1.78. The van der Waals surface area contributed by atoms with Crippen molar-refractivity contribution in [2.75, 3.05) is 5.75 Å². The number of halogens is 1. The first-order chi connectivity index (χ1) is 9.00. The quantitative estimate of drug-likeness (QED) is 0.397. The van der Waals surface area contributed by atoms with E-state index < -0.39 is 5.69 Å². The highest BCUT2D eigenvalue weighted by atomic mass is 35.5. The fraction of sp³-hybridized carbons (Fsp3) is 0.250. The lowest BCUT2D eigenvalue weighted by Crippen LogP contribution is -3.00. The van der Waals surface area contributed by atoms with Gasteiger partial charge in [0.15, 0.2) is 0 Å². The van der Waals surface area contributed by atoms with Crippen molar-refractivity contribution in [1.29, 1.82) is 0 Å². The molecule has 2 aromatic rings. The first-order valence-electron chi connectivity index (χ1n) is 5.75. The van der Waals surface area contributed by atoms with Crippen molar-refractivity contribution in [3.05, 3.63) is 45.1 Å². The average Bonchev–Trinajstić information content (AvgIpc) is 2.36. The Morgan fingerprint density at radius 2 is 2.10 bits per heavy atom.